The molecule has 0 saturated carbocycles. The number of hydrogen-bond acceptors (Lipinski definition) is 5. The number of anilines is 1. The van der Waals surface area contributed by atoms with Gasteiger partial charge in [0, 0.05) is 29.2 Å². The van der Waals surface area contributed by atoms with Gasteiger partial charge in [0.05, 0.1) is 12.6 Å². The summed E-state index contributed by atoms with van der Waals surface area (Å²) in [5.74, 6) is 0.0219. The number of pyridine rings is 1. The Hall–Kier alpha value is -4.21. The summed E-state index contributed by atoms with van der Waals surface area (Å²) in [7, 11) is 0. The molecular formula is C26H23F3N6O. The van der Waals surface area contributed by atoms with Crippen molar-refractivity contribution < 1.29 is 18.0 Å². The molecule has 10 heteroatoms. The second kappa shape index (κ2) is 9.80. The average molecular weight is 493 g/mol. The van der Waals surface area contributed by atoms with Crippen molar-refractivity contribution in [1.82, 2.24) is 25.1 Å². The maximum Gasteiger partial charge on any atom is 0.406 e. The Morgan fingerprint density at radius 3 is 2.64 bits per heavy atom. The number of carbonyl (C=O) groups is 1. The Morgan fingerprint density at radius 1 is 1.03 bits per heavy atom. The van der Waals surface area contributed by atoms with Crippen LogP contribution in [0.2, 0.25) is 0 Å². The zero-order valence-corrected chi connectivity index (χ0v) is 19.2. The highest BCUT2D eigenvalue weighted by Gasteiger charge is 2.31. The zero-order valence-electron chi connectivity index (χ0n) is 19.2. The molecule has 7 nitrogen and oxygen atoms in total. The highest BCUT2D eigenvalue weighted by Crippen LogP contribution is 2.31. The number of halogens is 3. The molecule has 5 rings (SSSR count). The molecule has 2 aromatic heterocycles. The van der Waals surface area contributed by atoms with Gasteiger partial charge in [-0.25, -0.2) is 0 Å². The van der Waals surface area contributed by atoms with Crippen LogP contribution in [0.15, 0.2) is 73.1 Å². The van der Waals surface area contributed by atoms with Gasteiger partial charge in [-0.2, -0.15) is 13.2 Å². The van der Waals surface area contributed by atoms with Crippen molar-refractivity contribution >= 4 is 11.6 Å². The number of nitrogens with one attached hydrogen (secondary N) is 2. The quantitative estimate of drug-likeness (QED) is 0.382. The second-order valence-electron chi connectivity index (χ2n) is 8.57. The summed E-state index contributed by atoms with van der Waals surface area (Å²) in [6, 6.07) is 18.0. The third kappa shape index (κ3) is 5.22. The molecule has 0 spiro atoms. The van der Waals surface area contributed by atoms with Gasteiger partial charge in [-0.15, -0.1) is 10.2 Å². The van der Waals surface area contributed by atoms with Crippen molar-refractivity contribution in [3.63, 3.8) is 0 Å². The van der Waals surface area contributed by atoms with Crippen LogP contribution in [0.25, 0.3) is 11.4 Å². The summed E-state index contributed by atoms with van der Waals surface area (Å²) < 4.78 is 41.0. The van der Waals surface area contributed by atoms with E-state index >= 15 is 0 Å². The van der Waals surface area contributed by atoms with Crippen LogP contribution in [0, 0.1) is 0 Å². The lowest BCUT2D eigenvalue weighted by atomic mass is 10.1. The van der Waals surface area contributed by atoms with E-state index < -0.39 is 12.7 Å². The summed E-state index contributed by atoms with van der Waals surface area (Å²) in [6.07, 6.45) is 0.289. The van der Waals surface area contributed by atoms with Gasteiger partial charge < -0.3 is 15.2 Å². The molecule has 36 heavy (non-hydrogen) atoms. The number of fused-ring (bicyclic) bond motifs is 1. The van der Waals surface area contributed by atoms with Gasteiger partial charge in [0.1, 0.15) is 6.54 Å². The molecule has 2 aromatic carbocycles. The van der Waals surface area contributed by atoms with E-state index in [1.54, 1.807) is 36.4 Å². The SMILES string of the molecule is O=C(NC1CCc2ccccc21)c1cccc(NCc2nnc(-c3ccncc3)n2CC(F)(F)F)c1. The van der Waals surface area contributed by atoms with Crippen LogP contribution in [-0.4, -0.2) is 31.8 Å². The van der Waals surface area contributed by atoms with Gasteiger partial charge in [-0.1, -0.05) is 30.3 Å². The van der Waals surface area contributed by atoms with Crippen molar-refractivity contribution in [2.75, 3.05) is 5.32 Å². The fourth-order valence-corrected chi connectivity index (χ4v) is 4.43. The Labute approximate surface area is 205 Å². The molecule has 0 saturated heterocycles. The summed E-state index contributed by atoms with van der Waals surface area (Å²) >= 11 is 0. The maximum atomic E-state index is 13.3. The second-order valence-corrected chi connectivity index (χ2v) is 8.57. The average Bonchev–Trinajstić information content (AvgIpc) is 3.46. The number of alkyl halides is 3. The normalized spacial score (nSPS) is 14.9. The molecule has 0 radical (unpaired) electrons. The number of rotatable bonds is 7. The summed E-state index contributed by atoms with van der Waals surface area (Å²) in [4.78, 5) is 16.8. The lowest BCUT2D eigenvalue weighted by Crippen LogP contribution is -2.27. The van der Waals surface area contributed by atoms with Crippen LogP contribution >= 0.6 is 0 Å². The minimum atomic E-state index is -4.45. The number of amides is 1. The van der Waals surface area contributed by atoms with Crippen molar-refractivity contribution in [3.8, 4) is 11.4 Å². The number of aromatic nitrogens is 4. The Bertz CT molecular complexity index is 1370. The molecule has 0 bridgehead atoms. The molecule has 1 atom stereocenters. The molecule has 1 aliphatic rings. The molecule has 184 valence electrons. The molecule has 1 amide bonds. The molecular weight excluding hydrogens is 469 g/mol. The predicted octanol–water partition coefficient (Wildman–Crippen LogP) is 4.93. The Morgan fingerprint density at radius 2 is 1.83 bits per heavy atom. The minimum absolute atomic E-state index is 0.00473. The van der Waals surface area contributed by atoms with Crippen LogP contribution in [0.5, 0.6) is 0 Å². The van der Waals surface area contributed by atoms with Crippen molar-refractivity contribution in [2.24, 2.45) is 0 Å². The first-order chi connectivity index (χ1) is 17.4. The topological polar surface area (TPSA) is 84.7 Å². The number of aryl methyl sites for hydroxylation is 1. The fourth-order valence-electron chi connectivity index (χ4n) is 4.43. The standard InChI is InChI=1S/C26H23F3N6O/c27-26(28,29)16-35-23(33-34-24(35)18-10-12-30-13-11-18)15-31-20-6-3-5-19(14-20)25(36)32-22-9-8-17-4-1-2-7-21(17)22/h1-7,10-14,22,31H,8-9,15-16H2,(H,32,36). The van der Waals surface area contributed by atoms with E-state index in [4.69, 9.17) is 0 Å². The van der Waals surface area contributed by atoms with Gasteiger partial charge >= 0.3 is 6.18 Å². The molecule has 2 N–H and O–H groups in total. The van der Waals surface area contributed by atoms with Crippen LogP contribution in [0.4, 0.5) is 18.9 Å². The van der Waals surface area contributed by atoms with E-state index in [1.165, 1.54) is 18.0 Å². The first kappa shape index (κ1) is 23.5. The largest absolute Gasteiger partial charge is 0.406 e. The number of benzene rings is 2. The molecule has 0 aliphatic heterocycles. The van der Waals surface area contributed by atoms with Crippen molar-refractivity contribution in [3.05, 3.63) is 95.6 Å². The van der Waals surface area contributed by atoms with Crippen molar-refractivity contribution in [2.45, 2.75) is 38.1 Å². The van der Waals surface area contributed by atoms with E-state index in [0.29, 0.717) is 16.8 Å². The highest BCUT2D eigenvalue weighted by atomic mass is 19.4. The predicted molar refractivity (Wildman–Crippen MR) is 128 cm³/mol. The maximum absolute atomic E-state index is 13.3. The summed E-state index contributed by atoms with van der Waals surface area (Å²) in [6.45, 7) is -1.23. The number of hydrogen-bond donors (Lipinski definition) is 2. The van der Waals surface area contributed by atoms with Crippen LogP contribution in [0.3, 0.4) is 0 Å². The molecule has 4 aromatic rings. The van der Waals surface area contributed by atoms with Gasteiger partial charge in [-0.3, -0.25) is 9.78 Å². The molecule has 0 fully saturated rings. The number of nitrogens with zero attached hydrogens (tertiary/aromatic N) is 4. The Kier molecular flexibility index (Phi) is 6.41. The monoisotopic (exact) mass is 492 g/mol. The van der Waals surface area contributed by atoms with Gasteiger partial charge in [0.2, 0.25) is 0 Å². The van der Waals surface area contributed by atoms with Crippen LogP contribution in [0.1, 0.15) is 39.8 Å². The zero-order chi connectivity index (χ0) is 25.1. The van der Waals surface area contributed by atoms with E-state index in [0.717, 1.165) is 23.0 Å². The minimum Gasteiger partial charge on any atom is -0.378 e. The van der Waals surface area contributed by atoms with Gasteiger partial charge in [-0.05, 0) is 54.3 Å². The lowest BCUT2D eigenvalue weighted by Gasteiger charge is -2.15. The molecule has 1 unspecified atom stereocenters. The van der Waals surface area contributed by atoms with E-state index in [9.17, 15) is 18.0 Å². The summed E-state index contributed by atoms with van der Waals surface area (Å²) in [5.41, 5.74) is 3.90. The first-order valence-corrected chi connectivity index (χ1v) is 11.5. The molecule has 2 heterocycles. The van der Waals surface area contributed by atoms with Crippen LogP contribution in [-0.2, 0) is 19.5 Å². The van der Waals surface area contributed by atoms with Crippen LogP contribution < -0.4 is 10.6 Å². The third-order valence-corrected chi connectivity index (χ3v) is 6.12. The smallest absolute Gasteiger partial charge is 0.378 e. The molecule has 1 aliphatic carbocycles. The summed E-state index contributed by atoms with van der Waals surface area (Å²) in [5, 5.41) is 14.1. The van der Waals surface area contributed by atoms with E-state index in [-0.39, 0.29) is 30.1 Å². The van der Waals surface area contributed by atoms with Gasteiger partial charge in [0.25, 0.3) is 5.91 Å². The van der Waals surface area contributed by atoms with Crippen molar-refractivity contribution in [1.29, 1.82) is 0 Å². The lowest BCUT2D eigenvalue weighted by molar-refractivity contribution is -0.140. The third-order valence-electron chi connectivity index (χ3n) is 6.12. The number of carbonyl (C=O) groups excluding carboxylic acids is 1. The van der Waals surface area contributed by atoms with E-state index in [2.05, 4.69) is 31.9 Å². The first-order valence-electron chi connectivity index (χ1n) is 11.5. The van der Waals surface area contributed by atoms with E-state index in [1.807, 2.05) is 18.2 Å². The Balaban J connectivity index is 1.30. The fraction of sp³-hybridized carbons (Fsp3) is 0.231. The highest BCUT2D eigenvalue weighted by molar-refractivity contribution is 5.95. The van der Waals surface area contributed by atoms with Gasteiger partial charge in [0.15, 0.2) is 11.6 Å².